The molecule has 2 aromatic rings. The number of hydrogen-bond donors (Lipinski definition) is 5. The third-order valence-corrected chi connectivity index (χ3v) is 6.73. The lowest BCUT2D eigenvalue weighted by atomic mass is 9.81. The highest BCUT2D eigenvalue weighted by atomic mass is 32.2. The molecule has 1 aliphatic heterocycles. The average Bonchev–Trinajstić information content (AvgIpc) is 2.75. The molecule has 1 saturated heterocycles. The molecule has 9 heteroatoms. The van der Waals surface area contributed by atoms with Gasteiger partial charge in [0.2, 0.25) is 0 Å². The van der Waals surface area contributed by atoms with Gasteiger partial charge >= 0.3 is 0 Å². The number of aliphatic hydroxyl groups is 5. The van der Waals surface area contributed by atoms with Crippen molar-refractivity contribution in [1.29, 1.82) is 0 Å². The van der Waals surface area contributed by atoms with Crippen LogP contribution in [0.15, 0.2) is 59.5 Å². The normalized spacial score (nSPS) is 33.2. The molecule has 0 radical (unpaired) electrons. The van der Waals surface area contributed by atoms with Gasteiger partial charge in [0.1, 0.15) is 34.9 Å². The standard InChI is InChI=1S/C20H24O8S/c1-27-14-9-7-13(8-10-14)11-19(24)18(23)17(22)16(12-21)28-20(19,25)29(26)15-5-3-2-4-6-15/h2-10,16-18,21-25H,11-12H2,1H3/t16-,17+,18+,19-,20+,29?/m1/s1. The molecule has 29 heavy (non-hydrogen) atoms. The van der Waals surface area contributed by atoms with E-state index in [1.165, 1.54) is 19.2 Å². The summed E-state index contributed by atoms with van der Waals surface area (Å²) in [5.41, 5.74) is -2.08. The molecule has 0 spiro atoms. The van der Waals surface area contributed by atoms with E-state index in [4.69, 9.17) is 9.47 Å². The maximum absolute atomic E-state index is 13.2. The van der Waals surface area contributed by atoms with E-state index in [-0.39, 0.29) is 11.3 Å². The van der Waals surface area contributed by atoms with Crippen LogP contribution in [0.4, 0.5) is 0 Å². The fourth-order valence-electron chi connectivity index (χ4n) is 3.37. The molecule has 0 aliphatic carbocycles. The van der Waals surface area contributed by atoms with Gasteiger partial charge in [0.25, 0.3) is 5.12 Å². The first-order valence-electron chi connectivity index (χ1n) is 8.96. The van der Waals surface area contributed by atoms with E-state index in [9.17, 15) is 29.7 Å². The molecular formula is C20H24O8S. The summed E-state index contributed by atoms with van der Waals surface area (Å²) in [5.74, 6) is 0.560. The van der Waals surface area contributed by atoms with E-state index in [1.807, 2.05) is 0 Å². The lowest BCUT2D eigenvalue weighted by Gasteiger charge is -2.52. The van der Waals surface area contributed by atoms with Crippen molar-refractivity contribution in [3.63, 3.8) is 0 Å². The fraction of sp³-hybridized carbons (Fsp3) is 0.400. The molecule has 158 valence electrons. The summed E-state index contributed by atoms with van der Waals surface area (Å²) < 4.78 is 23.7. The number of hydrogen-bond acceptors (Lipinski definition) is 8. The molecule has 1 heterocycles. The summed E-state index contributed by atoms with van der Waals surface area (Å²) in [7, 11) is -0.872. The maximum atomic E-state index is 13.2. The molecule has 5 N–H and O–H groups in total. The first-order valence-corrected chi connectivity index (χ1v) is 10.1. The van der Waals surface area contributed by atoms with E-state index < -0.39 is 46.4 Å². The topological polar surface area (TPSA) is 137 Å². The Morgan fingerprint density at radius 1 is 1.07 bits per heavy atom. The zero-order valence-electron chi connectivity index (χ0n) is 15.7. The Bertz CT molecular complexity index is 845. The van der Waals surface area contributed by atoms with Crippen molar-refractivity contribution in [2.24, 2.45) is 0 Å². The third-order valence-electron chi connectivity index (χ3n) is 5.07. The Morgan fingerprint density at radius 3 is 2.24 bits per heavy atom. The molecule has 0 saturated carbocycles. The molecule has 0 aromatic heterocycles. The van der Waals surface area contributed by atoms with Gasteiger partial charge in [-0.05, 0) is 29.8 Å². The number of methoxy groups -OCH3 is 1. The Labute approximate surface area is 170 Å². The van der Waals surface area contributed by atoms with Crippen LogP contribution in [0.2, 0.25) is 0 Å². The van der Waals surface area contributed by atoms with Gasteiger partial charge in [0.05, 0.1) is 13.7 Å². The minimum absolute atomic E-state index is 0.142. The van der Waals surface area contributed by atoms with Crippen LogP contribution in [0.25, 0.3) is 0 Å². The lowest BCUT2D eigenvalue weighted by molar-refractivity contribution is -0.349. The van der Waals surface area contributed by atoms with Gasteiger partial charge < -0.3 is 35.0 Å². The van der Waals surface area contributed by atoms with Crippen LogP contribution in [0, 0.1) is 0 Å². The van der Waals surface area contributed by atoms with Crippen LogP contribution in [0.5, 0.6) is 5.75 Å². The second kappa shape index (κ2) is 8.49. The molecule has 8 nitrogen and oxygen atoms in total. The molecular weight excluding hydrogens is 400 g/mol. The fourth-order valence-corrected chi connectivity index (χ4v) is 4.82. The van der Waals surface area contributed by atoms with Crippen molar-refractivity contribution in [3.05, 3.63) is 60.2 Å². The third kappa shape index (κ3) is 3.82. The Morgan fingerprint density at radius 2 is 1.69 bits per heavy atom. The molecule has 1 unspecified atom stereocenters. The van der Waals surface area contributed by atoms with Gasteiger partial charge in [0.15, 0.2) is 5.60 Å². The van der Waals surface area contributed by atoms with Gasteiger partial charge in [0, 0.05) is 11.3 Å². The number of benzene rings is 2. The molecule has 1 aliphatic rings. The van der Waals surface area contributed by atoms with Gasteiger partial charge in [-0.25, -0.2) is 4.21 Å². The average molecular weight is 424 g/mol. The summed E-state index contributed by atoms with van der Waals surface area (Å²) in [6, 6.07) is 14.2. The summed E-state index contributed by atoms with van der Waals surface area (Å²) in [6.45, 7) is -0.759. The zero-order valence-corrected chi connectivity index (χ0v) is 16.5. The van der Waals surface area contributed by atoms with Crippen LogP contribution in [0.3, 0.4) is 0 Å². The molecule has 0 bridgehead atoms. The van der Waals surface area contributed by atoms with E-state index >= 15 is 0 Å². The van der Waals surface area contributed by atoms with E-state index in [0.717, 1.165) is 0 Å². The smallest absolute Gasteiger partial charge is 0.282 e. The van der Waals surface area contributed by atoms with Crippen molar-refractivity contribution in [3.8, 4) is 5.75 Å². The summed E-state index contributed by atoms with van der Waals surface area (Å²) in [6.07, 6.45) is -5.49. The van der Waals surface area contributed by atoms with Gasteiger partial charge in [-0.2, -0.15) is 0 Å². The van der Waals surface area contributed by atoms with Crippen LogP contribution in [-0.2, 0) is 22.0 Å². The highest BCUT2D eigenvalue weighted by molar-refractivity contribution is 7.86. The molecule has 6 atom stereocenters. The second-order valence-electron chi connectivity index (χ2n) is 6.89. The largest absolute Gasteiger partial charge is 0.497 e. The highest BCUT2D eigenvalue weighted by Gasteiger charge is 2.66. The lowest BCUT2D eigenvalue weighted by Crippen LogP contribution is -2.75. The van der Waals surface area contributed by atoms with Gasteiger partial charge in [-0.3, -0.25) is 0 Å². The summed E-state index contributed by atoms with van der Waals surface area (Å²) in [5, 5.41) is 50.3. The van der Waals surface area contributed by atoms with E-state index in [0.29, 0.717) is 11.3 Å². The van der Waals surface area contributed by atoms with Gasteiger partial charge in [-0.1, -0.05) is 30.3 Å². The monoisotopic (exact) mass is 424 g/mol. The highest BCUT2D eigenvalue weighted by Crippen LogP contribution is 2.43. The van der Waals surface area contributed by atoms with Crippen LogP contribution < -0.4 is 4.74 Å². The van der Waals surface area contributed by atoms with Crippen LogP contribution >= 0.6 is 0 Å². The zero-order chi connectivity index (χ0) is 21.2. The number of ether oxygens (including phenoxy) is 2. The summed E-state index contributed by atoms with van der Waals surface area (Å²) in [4.78, 5) is 0.142. The second-order valence-corrected chi connectivity index (χ2v) is 8.45. The summed E-state index contributed by atoms with van der Waals surface area (Å²) >= 11 is 0. The minimum Gasteiger partial charge on any atom is -0.497 e. The quantitative estimate of drug-likeness (QED) is 0.420. The minimum atomic E-state index is -2.81. The Kier molecular flexibility index (Phi) is 6.39. The van der Waals surface area contributed by atoms with Crippen molar-refractivity contribution in [2.75, 3.05) is 13.7 Å². The van der Waals surface area contributed by atoms with E-state index in [2.05, 4.69) is 0 Å². The molecule has 2 aromatic carbocycles. The Balaban J connectivity index is 2.06. The Hall–Kier alpha value is -1.85. The molecule has 0 amide bonds. The van der Waals surface area contributed by atoms with Crippen molar-refractivity contribution >= 4 is 10.8 Å². The molecule has 3 rings (SSSR count). The first kappa shape index (κ1) is 21.8. The van der Waals surface area contributed by atoms with Crippen molar-refractivity contribution in [1.82, 2.24) is 0 Å². The van der Waals surface area contributed by atoms with Crippen LogP contribution in [0.1, 0.15) is 5.56 Å². The predicted molar refractivity (Wildman–Crippen MR) is 103 cm³/mol. The van der Waals surface area contributed by atoms with Crippen molar-refractivity contribution in [2.45, 2.75) is 40.3 Å². The first-order chi connectivity index (χ1) is 13.8. The van der Waals surface area contributed by atoms with Crippen LogP contribution in [-0.4, -0.2) is 72.5 Å². The molecule has 1 fully saturated rings. The van der Waals surface area contributed by atoms with E-state index in [1.54, 1.807) is 42.5 Å². The van der Waals surface area contributed by atoms with Crippen molar-refractivity contribution < 1.29 is 39.2 Å². The number of rotatable bonds is 6. The predicted octanol–water partition coefficient (Wildman–Crippen LogP) is -0.464. The number of aliphatic hydroxyl groups excluding tert-OH is 3. The SMILES string of the molecule is COc1ccc(C[C@@]2(O)[C@@H](O)[C@@H](O)[C@@H](CO)O[C@]2(O)S(=O)c2ccccc2)cc1. The van der Waals surface area contributed by atoms with Gasteiger partial charge in [-0.15, -0.1) is 0 Å². The maximum Gasteiger partial charge on any atom is 0.282 e.